The zero-order chi connectivity index (χ0) is 46.3. The number of ketones is 2. The number of aromatic amines is 1. The molecular weight excluding hydrogens is 817 g/mol. The van der Waals surface area contributed by atoms with Gasteiger partial charge in [0.1, 0.15) is 35.9 Å². The van der Waals surface area contributed by atoms with Crippen LogP contribution in [0.2, 0.25) is 0 Å². The number of ether oxygens (including phenoxy) is 6. The number of hydrogen-bond acceptors (Lipinski definition) is 11. The number of piperidine rings is 1. The molecule has 1 aliphatic carbocycles. The summed E-state index contributed by atoms with van der Waals surface area (Å²) in [7, 11) is 4.83. The first-order valence-corrected chi connectivity index (χ1v) is 23.8. The predicted molar refractivity (Wildman–Crippen MR) is 243 cm³/mol. The molecule has 354 valence electrons. The quantitative estimate of drug-likeness (QED) is 0.150. The molecule has 2 N–H and O–H groups in total. The number of Topliss-reactive ketones (excluding diaryl/α,β-unsaturated/α-hetero) is 2. The van der Waals surface area contributed by atoms with Crippen LogP contribution in [0.5, 0.6) is 5.75 Å². The van der Waals surface area contributed by atoms with Gasteiger partial charge in [0.25, 0.3) is 11.7 Å². The molecule has 4 aliphatic rings. The average Bonchev–Trinajstić information content (AvgIpc) is 3.76. The van der Waals surface area contributed by atoms with Crippen LogP contribution in [0.15, 0.2) is 53.8 Å². The minimum atomic E-state index is -2.47. The molecule has 13 heteroatoms. The molecule has 3 aliphatic heterocycles. The monoisotopic (exact) mass is 891 g/mol. The van der Waals surface area contributed by atoms with E-state index in [1.54, 1.807) is 28.3 Å². The van der Waals surface area contributed by atoms with Gasteiger partial charge in [-0.25, -0.2) is 4.79 Å². The van der Waals surface area contributed by atoms with Crippen LogP contribution >= 0.6 is 0 Å². The maximum Gasteiger partial charge on any atom is 0.329 e. The summed E-state index contributed by atoms with van der Waals surface area (Å²) in [4.78, 5) is 61.6. The van der Waals surface area contributed by atoms with Gasteiger partial charge in [0.15, 0.2) is 0 Å². The normalized spacial score (nSPS) is 35.9. The molecule has 13 nitrogen and oxygen atoms in total. The van der Waals surface area contributed by atoms with E-state index in [1.807, 2.05) is 58.2 Å². The smallest absolute Gasteiger partial charge is 0.329 e. The number of benzene rings is 1. The summed E-state index contributed by atoms with van der Waals surface area (Å²) < 4.78 is 37.1. The molecule has 1 amide bonds. The van der Waals surface area contributed by atoms with Crippen LogP contribution in [0.25, 0.3) is 10.9 Å². The summed E-state index contributed by atoms with van der Waals surface area (Å²) in [5.41, 5.74) is 2.99. The van der Waals surface area contributed by atoms with Crippen molar-refractivity contribution in [2.45, 2.75) is 167 Å². The molecule has 2 saturated heterocycles. The summed E-state index contributed by atoms with van der Waals surface area (Å²) in [6, 6.07) is 6.99. The fourth-order valence-electron chi connectivity index (χ4n) is 10.8. The highest BCUT2D eigenvalue weighted by Gasteiger charge is 2.56. The number of cyclic esters (lactones) is 1. The first-order valence-electron chi connectivity index (χ1n) is 23.8. The molecule has 1 aromatic carbocycles. The van der Waals surface area contributed by atoms with Gasteiger partial charge in [-0.05, 0) is 132 Å². The summed E-state index contributed by atoms with van der Waals surface area (Å²) in [6.07, 6.45) is 9.94. The molecule has 64 heavy (non-hydrogen) atoms. The Labute approximate surface area is 379 Å². The van der Waals surface area contributed by atoms with Gasteiger partial charge in [-0.15, -0.1) is 0 Å². The van der Waals surface area contributed by atoms with Crippen molar-refractivity contribution in [1.82, 2.24) is 9.88 Å². The Morgan fingerprint density at radius 3 is 2.38 bits per heavy atom. The molecule has 1 saturated carbocycles. The van der Waals surface area contributed by atoms with Crippen molar-refractivity contribution in [2.75, 3.05) is 27.9 Å². The number of aliphatic hydroxyl groups is 1. The lowest BCUT2D eigenvalue weighted by Crippen LogP contribution is -2.64. The van der Waals surface area contributed by atoms with E-state index in [1.165, 1.54) is 4.90 Å². The number of fused-ring (bicyclic) bond motifs is 4. The highest BCUT2D eigenvalue weighted by molar-refractivity contribution is 6.39. The molecule has 13 atom stereocenters. The maximum atomic E-state index is 14.5. The van der Waals surface area contributed by atoms with E-state index in [-0.39, 0.29) is 54.6 Å². The number of nitrogens with one attached hydrogen (secondary N) is 1. The van der Waals surface area contributed by atoms with E-state index in [2.05, 4.69) is 24.1 Å². The number of methoxy groups -OCH3 is 3. The molecule has 6 rings (SSSR count). The Hall–Kier alpha value is -3.88. The lowest BCUT2D eigenvalue weighted by molar-refractivity contribution is -0.302. The third kappa shape index (κ3) is 11.4. The van der Waals surface area contributed by atoms with Crippen molar-refractivity contribution < 1.29 is 52.7 Å². The van der Waals surface area contributed by atoms with Crippen molar-refractivity contribution in [3.63, 3.8) is 0 Å². The van der Waals surface area contributed by atoms with Gasteiger partial charge < -0.3 is 43.4 Å². The van der Waals surface area contributed by atoms with E-state index in [4.69, 9.17) is 28.4 Å². The van der Waals surface area contributed by atoms with Crippen LogP contribution in [0.3, 0.4) is 0 Å². The van der Waals surface area contributed by atoms with Gasteiger partial charge in [-0.2, -0.15) is 0 Å². The zero-order valence-electron chi connectivity index (χ0n) is 39.6. The standard InChI is InChI=1S/C51H74N2O11/c1-10-36-24-30(2)23-31(3)25-44(60-8)47-45(61-9)27-34(6)51(58,64-47)48(55)49(56)53-22-12-11-13-40(53)50(57)63-46(32(4)14-18-41(36)54)33(5)26-35-15-19-42(43(28-35)59-7)62-38-16-17-39-37(29-38)20-21-52-39/h16-17,20-21,24,26,29,31-32,34-36,40,42-47,52,58H,10-15,18-19,22-23,25,27-28H2,1-9H3. The molecule has 1 aromatic heterocycles. The first-order chi connectivity index (χ1) is 30.6. The van der Waals surface area contributed by atoms with Gasteiger partial charge in [-0.3, -0.25) is 14.4 Å². The zero-order valence-corrected chi connectivity index (χ0v) is 39.6. The second-order valence-corrected chi connectivity index (χ2v) is 19.4. The van der Waals surface area contributed by atoms with Gasteiger partial charge >= 0.3 is 5.97 Å². The topological polar surface area (TPSA) is 163 Å². The lowest BCUT2D eigenvalue weighted by atomic mass is 9.82. The average molecular weight is 891 g/mol. The van der Waals surface area contributed by atoms with E-state index < -0.39 is 59.8 Å². The van der Waals surface area contributed by atoms with Crippen molar-refractivity contribution in [1.29, 1.82) is 0 Å². The number of H-pyrrole nitrogens is 1. The second-order valence-electron chi connectivity index (χ2n) is 19.4. The van der Waals surface area contributed by atoms with Gasteiger partial charge in [0, 0.05) is 63.2 Å². The van der Waals surface area contributed by atoms with Crippen LogP contribution in [-0.2, 0) is 42.9 Å². The summed E-state index contributed by atoms with van der Waals surface area (Å²) in [5, 5.41) is 13.2. The number of carbonyl (C=O) groups is 4. The highest BCUT2D eigenvalue weighted by atomic mass is 16.7. The van der Waals surface area contributed by atoms with Crippen molar-refractivity contribution in [3.05, 3.63) is 53.8 Å². The molecule has 2 aromatic rings. The Morgan fingerprint density at radius 2 is 1.66 bits per heavy atom. The number of carbonyl (C=O) groups excluding carboxylic acids is 4. The van der Waals surface area contributed by atoms with Crippen molar-refractivity contribution in [2.24, 2.45) is 29.6 Å². The summed E-state index contributed by atoms with van der Waals surface area (Å²) >= 11 is 0. The molecule has 4 heterocycles. The third-order valence-electron chi connectivity index (χ3n) is 14.5. The number of allylic oxidation sites excluding steroid dienone is 3. The molecular formula is C51H74N2O11. The molecule has 0 radical (unpaired) electrons. The number of hydrogen-bond donors (Lipinski definition) is 2. The first kappa shape index (κ1) is 49.6. The third-order valence-corrected chi connectivity index (χ3v) is 14.5. The SMILES string of the molecule is CCC1C=C(C)CC(C)CC(OC)C2OC(O)(C(=O)C(=O)N3CCCCC3C(=O)OC(C(C)=CC3CCC(Oc4ccc5[nH]ccc5c4)C(OC)C3)C(C)CCC1=O)C(C)CC2OC. The minimum absolute atomic E-state index is 0.0863. The van der Waals surface area contributed by atoms with E-state index in [0.29, 0.717) is 57.8 Å². The van der Waals surface area contributed by atoms with E-state index in [9.17, 15) is 24.3 Å². The van der Waals surface area contributed by atoms with Crippen LogP contribution in [0.1, 0.15) is 119 Å². The largest absolute Gasteiger partial charge is 0.488 e. The molecule has 3 fully saturated rings. The molecule has 2 bridgehead atoms. The lowest BCUT2D eigenvalue weighted by Gasteiger charge is -2.47. The minimum Gasteiger partial charge on any atom is -0.488 e. The molecule has 0 spiro atoms. The Bertz CT molecular complexity index is 1990. The van der Waals surface area contributed by atoms with Crippen LogP contribution in [-0.4, -0.2) is 115 Å². The Balaban J connectivity index is 1.28. The molecule has 13 unspecified atom stereocenters. The number of rotatable bonds is 8. The summed E-state index contributed by atoms with van der Waals surface area (Å²) in [5.74, 6) is -5.36. The fraction of sp³-hybridized carbons (Fsp3) is 0.686. The maximum absolute atomic E-state index is 14.5. The number of nitrogens with zero attached hydrogens (tertiary/aromatic N) is 1. The second kappa shape index (κ2) is 22.1. The Morgan fingerprint density at radius 1 is 0.922 bits per heavy atom. The van der Waals surface area contributed by atoms with Crippen molar-refractivity contribution >= 4 is 34.3 Å². The highest BCUT2D eigenvalue weighted by Crippen LogP contribution is 2.40. The fourth-order valence-corrected chi connectivity index (χ4v) is 10.8. The van der Waals surface area contributed by atoms with Crippen LogP contribution < -0.4 is 4.74 Å². The number of esters is 1. The van der Waals surface area contributed by atoms with Crippen LogP contribution in [0.4, 0.5) is 0 Å². The number of aromatic nitrogens is 1. The van der Waals surface area contributed by atoms with Gasteiger partial charge in [0.2, 0.25) is 5.79 Å². The van der Waals surface area contributed by atoms with Crippen LogP contribution in [0, 0.1) is 29.6 Å². The van der Waals surface area contributed by atoms with Gasteiger partial charge in [-0.1, -0.05) is 45.4 Å². The Kier molecular flexibility index (Phi) is 17.1. The van der Waals surface area contributed by atoms with E-state index >= 15 is 0 Å². The summed E-state index contributed by atoms with van der Waals surface area (Å²) in [6.45, 7) is 12.0. The van der Waals surface area contributed by atoms with E-state index in [0.717, 1.165) is 40.6 Å². The number of amides is 1. The predicted octanol–water partition coefficient (Wildman–Crippen LogP) is 8.07. The van der Waals surface area contributed by atoms with Crippen molar-refractivity contribution in [3.8, 4) is 5.75 Å². The van der Waals surface area contributed by atoms with Gasteiger partial charge in [0.05, 0.1) is 18.3 Å².